The Balaban J connectivity index is 4.10. The van der Waals surface area contributed by atoms with Gasteiger partial charge in [-0.25, -0.2) is 0 Å². The van der Waals surface area contributed by atoms with Crippen molar-refractivity contribution in [2.24, 2.45) is 0 Å². The summed E-state index contributed by atoms with van der Waals surface area (Å²) < 4.78 is 17.0. The molecule has 0 aliphatic carbocycles. The lowest BCUT2D eigenvalue weighted by molar-refractivity contribution is -0.167. The first kappa shape index (κ1) is 79.4. The fourth-order valence-corrected chi connectivity index (χ4v) is 12.0. The summed E-state index contributed by atoms with van der Waals surface area (Å²) in [4.78, 5) is 38.4. The van der Waals surface area contributed by atoms with Crippen molar-refractivity contribution in [2.45, 2.75) is 451 Å². The maximum absolute atomic E-state index is 12.9. The summed E-state index contributed by atoms with van der Waals surface area (Å²) in [5.41, 5.74) is 0. The van der Waals surface area contributed by atoms with Crippen molar-refractivity contribution in [3.05, 3.63) is 0 Å². The summed E-state index contributed by atoms with van der Waals surface area (Å²) in [5, 5.41) is 0. The standard InChI is InChI=1S/C75H146O6/c1-4-7-10-13-16-19-22-25-27-29-31-32-33-34-35-36-37-38-39-40-41-42-44-45-47-50-53-56-59-62-65-68-74(77)80-71-72(70-79-73(76)67-64-61-58-55-52-49-24-21-18-15-12-9-6-3)81-75(78)69-66-63-60-57-54-51-48-46-43-30-28-26-23-20-17-14-11-8-5-2/h72H,4-71H2,1-3H3. The number of unbranched alkanes of at least 4 members (excludes halogenated alkanes) is 60. The van der Waals surface area contributed by atoms with Crippen LogP contribution in [0.5, 0.6) is 0 Å². The summed E-state index contributed by atoms with van der Waals surface area (Å²) in [5.74, 6) is -0.819. The molecular weight excluding hydrogens is 997 g/mol. The first-order valence-corrected chi connectivity index (χ1v) is 37.5. The number of hydrogen-bond acceptors (Lipinski definition) is 6. The molecule has 0 aromatic heterocycles. The molecule has 0 N–H and O–H groups in total. The van der Waals surface area contributed by atoms with Gasteiger partial charge in [-0.2, -0.15) is 0 Å². The Hall–Kier alpha value is -1.59. The molecule has 0 heterocycles. The highest BCUT2D eigenvalue weighted by atomic mass is 16.6. The van der Waals surface area contributed by atoms with Crippen molar-refractivity contribution in [3.63, 3.8) is 0 Å². The van der Waals surface area contributed by atoms with Gasteiger partial charge in [-0.3, -0.25) is 14.4 Å². The third-order valence-corrected chi connectivity index (χ3v) is 17.6. The molecule has 6 nitrogen and oxygen atoms in total. The Kier molecular flexibility index (Phi) is 69.5. The lowest BCUT2D eigenvalue weighted by atomic mass is 10.0. The number of carbonyl (C=O) groups is 3. The number of hydrogen-bond donors (Lipinski definition) is 0. The number of rotatable bonds is 71. The molecule has 0 rings (SSSR count). The van der Waals surface area contributed by atoms with Crippen LogP contribution in [0.4, 0.5) is 0 Å². The van der Waals surface area contributed by atoms with Crippen LogP contribution in [0.15, 0.2) is 0 Å². The molecule has 0 amide bonds. The topological polar surface area (TPSA) is 78.9 Å². The second kappa shape index (κ2) is 70.9. The van der Waals surface area contributed by atoms with Crippen molar-refractivity contribution in [3.8, 4) is 0 Å². The predicted molar refractivity (Wildman–Crippen MR) is 354 cm³/mol. The zero-order valence-electron chi connectivity index (χ0n) is 55.6. The molecule has 0 aliphatic rings. The van der Waals surface area contributed by atoms with E-state index < -0.39 is 6.10 Å². The second-order valence-corrected chi connectivity index (χ2v) is 25.9. The van der Waals surface area contributed by atoms with E-state index in [0.717, 1.165) is 57.8 Å². The highest BCUT2D eigenvalue weighted by molar-refractivity contribution is 5.71. The Bertz CT molecular complexity index is 1220. The van der Waals surface area contributed by atoms with Gasteiger partial charge in [-0.05, 0) is 19.3 Å². The second-order valence-electron chi connectivity index (χ2n) is 25.9. The van der Waals surface area contributed by atoms with Crippen molar-refractivity contribution in [1.29, 1.82) is 0 Å². The Labute approximate surface area is 508 Å². The van der Waals surface area contributed by atoms with Gasteiger partial charge in [-0.1, -0.05) is 406 Å². The van der Waals surface area contributed by atoms with Crippen molar-refractivity contribution >= 4 is 17.9 Å². The zero-order valence-corrected chi connectivity index (χ0v) is 55.6. The third kappa shape index (κ3) is 69.1. The molecule has 0 aliphatic heterocycles. The van der Waals surface area contributed by atoms with Gasteiger partial charge < -0.3 is 14.2 Å². The molecule has 0 aromatic carbocycles. The minimum Gasteiger partial charge on any atom is -0.462 e. The SMILES string of the molecule is CCCCCCCCCCCCCCCCCCCCCCCCCCCCCCCCCC(=O)OCC(COC(=O)CCCCCCCCCCCCCCC)OC(=O)CCCCCCCCCCCCCCCCCCCCC. The van der Waals surface area contributed by atoms with Crippen LogP contribution in [-0.4, -0.2) is 37.2 Å². The quantitative estimate of drug-likeness (QED) is 0.0343. The van der Waals surface area contributed by atoms with Crippen molar-refractivity contribution < 1.29 is 28.6 Å². The van der Waals surface area contributed by atoms with Gasteiger partial charge in [0.05, 0.1) is 0 Å². The van der Waals surface area contributed by atoms with E-state index in [1.165, 1.54) is 347 Å². The first-order valence-electron chi connectivity index (χ1n) is 37.5. The van der Waals surface area contributed by atoms with Crippen LogP contribution in [-0.2, 0) is 28.6 Å². The van der Waals surface area contributed by atoms with E-state index in [9.17, 15) is 14.4 Å². The van der Waals surface area contributed by atoms with E-state index in [1.54, 1.807) is 0 Å². The van der Waals surface area contributed by atoms with Gasteiger partial charge >= 0.3 is 17.9 Å². The van der Waals surface area contributed by atoms with Crippen LogP contribution < -0.4 is 0 Å². The van der Waals surface area contributed by atoms with Crippen molar-refractivity contribution in [2.75, 3.05) is 13.2 Å². The fraction of sp³-hybridized carbons (Fsp3) is 0.960. The van der Waals surface area contributed by atoms with Gasteiger partial charge in [0.15, 0.2) is 6.10 Å². The smallest absolute Gasteiger partial charge is 0.306 e. The number of carbonyl (C=O) groups excluding carboxylic acids is 3. The van der Waals surface area contributed by atoms with E-state index in [1.807, 2.05) is 0 Å². The lowest BCUT2D eigenvalue weighted by Crippen LogP contribution is -2.30. The van der Waals surface area contributed by atoms with E-state index in [2.05, 4.69) is 20.8 Å². The molecule has 482 valence electrons. The van der Waals surface area contributed by atoms with Crippen LogP contribution in [0.3, 0.4) is 0 Å². The Morgan fingerprint density at radius 2 is 0.333 bits per heavy atom. The molecular formula is C75H146O6. The Morgan fingerprint density at radius 3 is 0.494 bits per heavy atom. The molecule has 0 radical (unpaired) electrons. The van der Waals surface area contributed by atoms with Gasteiger partial charge in [0.1, 0.15) is 13.2 Å². The van der Waals surface area contributed by atoms with E-state index in [-0.39, 0.29) is 31.1 Å². The monoisotopic (exact) mass is 1140 g/mol. The average molecular weight is 1140 g/mol. The number of esters is 3. The van der Waals surface area contributed by atoms with E-state index in [0.29, 0.717) is 19.3 Å². The predicted octanol–water partition coefficient (Wildman–Crippen LogP) is 25.8. The molecule has 0 spiro atoms. The van der Waals surface area contributed by atoms with Crippen LogP contribution in [0, 0.1) is 0 Å². The van der Waals surface area contributed by atoms with Gasteiger partial charge in [0.2, 0.25) is 0 Å². The molecule has 1 atom stereocenters. The molecule has 0 fully saturated rings. The fourth-order valence-electron chi connectivity index (χ4n) is 12.0. The number of ether oxygens (including phenoxy) is 3. The summed E-state index contributed by atoms with van der Waals surface area (Å²) in [7, 11) is 0. The average Bonchev–Trinajstić information content (AvgIpc) is 3.46. The third-order valence-electron chi connectivity index (χ3n) is 17.6. The highest BCUT2D eigenvalue weighted by Crippen LogP contribution is 2.20. The minimum absolute atomic E-state index is 0.0601. The van der Waals surface area contributed by atoms with Crippen LogP contribution >= 0.6 is 0 Å². The maximum Gasteiger partial charge on any atom is 0.306 e. The van der Waals surface area contributed by atoms with Crippen LogP contribution in [0.25, 0.3) is 0 Å². The summed E-state index contributed by atoms with van der Waals surface area (Å²) in [6.45, 7) is 6.75. The van der Waals surface area contributed by atoms with Crippen molar-refractivity contribution in [1.82, 2.24) is 0 Å². The maximum atomic E-state index is 12.9. The van der Waals surface area contributed by atoms with Gasteiger partial charge in [0, 0.05) is 19.3 Å². The summed E-state index contributed by atoms with van der Waals surface area (Å²) >= 11 is 0. The lowest BCUT2D eigenvalue weighted by Gasteiger charge is -2.18. The van der Waals surface area contributed by atoms with Gasteiger partial charge in [0.25, 0.3) is 0 Å². The molecule has 0 saturated heterocycles. The molecule has 1 unspecified atom stereocenters. The molecule has 0 bridgehead atoms. The largest absolute Gasteiger partial charge is 0.462 e. The van der Waals surface area contributed by atoms with E-state index >= 15 is 0 Å². The van der Waals surface area contributed by atoms with Gasteiger partial charge in [-0.15, -0.1) is 0 Å². The zero-order chi connectivity index (χ0) is 58.5. The molecule has 0 aromatic rings. The van der Waals surface area contributed by atoms with E-state index in [4.69, 9.17) is 14.2 Å². The molecule has 6 heteroatoms. The summed E-state index contributed by atoms with van der Waals surface area (Å²) in [6.07, 6.45) is 84.5. The normalized spacial score (nSPS) is 11.9. The summed E-state index contributed by atoms with van der Waals surface area (Å²) in [6, 6.07) is 0. The first-order chi connectivity index (χ1) is 40.0. The minimum atomic E-state index is -0.763. The molecule has 0 saturated carbocycles. The Morgan fingerprint density at radius 1 is 0.198 bits per heavy atom. The van der Waals surface area contributed by atoms with Crippen LogP contribution in [0.2, 0.25) is 0 Å². The molecule has 81 heavy (non-hydrogen) atoms. The highest BCUT2D eigenvalue weighted by Gasteiger charge is 2.20. The van der Waals surface area contributed by atoms with Crippen LogP contribution in [0.1, 0.15) is 445 Å².